The van der Waals surface area contributed by atoms with Gasteiger partial charge in [0.15, 0.2) is 0 Å². The molecule has 2 N–H and O–H groups in total. The number of nitrogens with zero attached hydrogens (tertiary/aromatic N) is 2. The van der Waals surface area contributed by atoms with Crippen LogP contribution in [0.5, 0.6) is 0 Å². The average Bonchev–Trinajstić information content (AvgIpc) is 2.63. The maximum Gasteiger partial charge on any atom is 0.219 e. The largest absolute Gasteiger partial charge is 0.342 e. The molecule has 5 heteroatoms. The van der Waals surface area contributed by atoms with Crippen LogP contribution in [0.1, 0.15) is 24.5 Å². The van der Waals surface area contributed by atoms with Crippen molar-refractivity contribution >= 4 is 5.91 Å². The van der Waals surface area contributed by atoms with Gasteiger partial charge >= 0.3 is 0 Å². The lowest BCUT2D eigenvalue weighted by Crippen LogP contribution is -2.33. The molecule has 1 aliphatic heterocycles. The van der Waals surface area contributed by atoms with Gasteiger partial charge in [0.25, 0.3) is 0 Å². The molecule has 1 aromatic rings. The second-order valence-electron chi connectivity index (χ2n) is 5.31. The second-order valence-corrected chi connectivity index (χ2v) is 5.31. The molecule has 0 atom stereocenters. The van der Waals surface area contributed by atoms with E-state index in [9.17, 15) is 9.18 Å². The van der Waals surface area contributed by atoms with Crippen LogP contribution in [0.3, 0.4) is 0 Å². The molecule has 0 saturated carbocycles. The standard InChI is InChI=1S/C15H22FN3O/c1-12(20)19-4-2-3-18(5-6-19)11-14-7-13(10-17)8-15(16)9-14/h7-9H,2-6,10-11,17H2,1H3. The summed E-state index contributed by atoms with van der Waals surface area (Å²) in [6.45, 7) is 5.97. The lowest BCUT2D eigenvalue weighted by Gasteiger charge is -2.21. The van der Waals surface area contributed by atoms with Crippen molar-refractivity contribution in [2.75, 3.05) is 26.2 Å². The summed E-state index contributed by atoms with van der Waals surface area (Å²) in [7, 11) is 0. The highest BCUT2D eigenvalue weighted by Crippen LogP contribution is 2.13. The number of carbonyl (C=O) groups is 1. The third-order valence-electron chi connectivity index (χ3n) is 3.69. The minimum absolute atomic E-state index is 0.128. The van der Waals surface area contributed by atoms with Gasteiger partial charge in [-0.2, -0.15) is 0 Å². The topological polar surface area (TPSA) is 49.6 Å². The Bertz CT molecular complexity index is 478. The molecule has 4 nitrogen and oxygen atoms in total. The zero-order valence-corrected chi connectivity index (χ0v) is 11.9. The van der Waals surface area contributed by atoms with Crippen LogP contribution in [0.25, 0.3) is 0 Å². The molecule has 2 rings (SSSR count). The summed E-state index contributed by atoms with van der Waals surface area (Å²) < 4.78 is 13.5. The van der Waals surface area contributed by atoms with Crippen molar-refractivity contribution in [1.29, 1.82) is 0 Å². The van der Waals surface area contributed by atoms with Crippen molar-refractivity contribution in [3.63, 3.8) is 0 Å². The smallest absolute Gasteiger partial charge is 0.219 e. The van der Waals surface area contributed by atoms with Gasteiger partial charge in [-0.15, -0.1) is 0 Å². The molecule has 0 radical (unpaired) electrons. The first kappa shape index (κ1) is 14.9. The number of nitrogens with two attached hydrogens (primary N) is 1. The van der Waals surface area contributed by atoms with Crippen LogP contribution in [-0.2, 0) is 17.9 Å². The van der Waals surface area contributed by atoms with Gasteiger partial charge in [0, 0.05) is 46.2 Å². The van der Waals surface area contributed by atoms with E-state index in [4.69, 9.17) is 5.73 Å². The summed E-state index contributed by atoms with van der Waals surface area (Å²) in [6.07, 6.45) is 0.957. The maximum atomic E-state index is 13.5. The van der Waals surface area contributed by atoms with E-state index in [1.54, 1.807) is 13.0 Å². The molecular formula is C15H22FN3O. The zero-order valence-electron chi connectivity index (χ0n) is 11.9. The predicted molar refractivity (Wildman–Crippen MR) is 76.4 cm³/mol. The number of benzene rings is 1. The summed E-state index contributed by atoms with van der Waals surface area (Å²) in [4.78, 5) is 15.5. The van der Waals surface area contributed by atoms with Gasteiger partial charge in [-0.1, -0.05) is 6.07 Å². The van der Waals surface area contributed by atoms with Crippen LogP contribution in [0, 0.1) is 5.82 Å². The minimum Gasteiger partial charge on any atom is -0.342 e. The highest BCUT2D eigenvalue weighted by molar-refractivity contribution is 5.73. The van der Waals surface area contributed by atoms with Crippen molar-refractivity contribution in [2.24, 2.45) is 5.73 Å². The Morgan fingerprint density at radius 2 is 1.95 bits per heavy atom. The fourth-order valence-electron chi connectivity index (χ4n) is 2.63. The van der Waals surface area contributed by atoms with Crippen LogP contribution in [0.2, 0.25) is 0 Å². The molecule has 1 aromatic carbocycles. The first-order valence-electron chi connectivity index (χ1n) is 7.05. The highest BCUT2D eigenvalue weighted by atomic mass is 19.1. The Labute approximate surface area is 119 Å². The summed E-state index contributed by atoms with van der Waals surface area (Å²) in [5.74, 6) is -0.105. The number of hydrogen-bond donors (Lipinski definition) is 1. The van der Waals surface area contributed by atoms with Crippen molar-refractivity contribution in [2.45, 2.75) is 26.4 Å². The highest BCUT2D eigenvalue weighted by Gasteiger charge is 2.16. The third kappa shape index (κ3) is 4.02. The van der Waals surface area contributed by atoms with Crippen LogP contribution in [0.4, 0.5) is 4.39 Å². The van der Waals surface area contributed by atoms with E-state index in [-0.39, 0.29) is 11.7 Å². The SMILES string of the molecule is CC(=O)N1CCCN(Cc2cc(F)cc(CN)c2)CC1. The molecule has 0 aliphatic carbocycles. The predicted octanol–water partition coefficient (Wildman–Crippen LogP) is 1.34. The van der Waals surface area contributed by atoms with E-state index >= 15 is 0 Å². The van der Waals surface area contributed by atoms with Crippen molar-refractivity contribution in [3.8, 4) is 0 Å². The van der Waals surface area contributed by atoms with Gasteiger partial charge in [-0.25, -0.2) is 4.39 Å². The van der Waals surface area contributed by atoms with E-state index < -0.39 is 0 Å². The van der Waals surface area contributed by atoms with Crippen molar-refractivity contribution < 1.29 is 9.18 Å². The molecule has 0 spiro atoms. The molecule has 110 valence electrons. The lowest BCUT2D eigenvalue weighted by atomic mass is 10.1. The van der Waals surface area contributed by atoms with Gasteiger partial charge in [-0.05, 0) is 29.7 Å². The zero-order chi connectivity index (χ0) is 14.5. The monoisotopic (exact) mass is 279 g/mol. The molecule has 1 heterocycles. The van der Waals surface area contributed by atoms with Gasteiger partial charge in [0.05, 0.1) is 0 Å². The molecule has 1 amide bonds. The van der Waals surface area contributed by atoms with Crippen LogP contribution in [0.15, 0.2) is 18.2 Å². The Morgan fingerprint density at radius 1 is 1.20 bits per heavy atom. The summed E-state index contributed by atoms with van der Waals surface area (Å²) >= 11 is 0. The number of halogens is 1. The Kier molecular flexibility index (Phi) is 5.09. The van der Waals surface area contributed by atoms with Gasteiger partial charge in [-0.3, -0.25) is 9.69 Å². The van der Waals surface area contributed by atoms with E-state index in [1.807, 2.05) is 11.0 Å². The minimum atomic E-state index is -0.233. The van der Waals surface area contributed by atoms with E-state index in [1.165, 1.54) is 6.07 Å². The maximum absolute atomic E-state index is 13.5. The van der Waals surface area contributed by atoms with Gasteiger partial charge in [0.1, 0.15) is 5.82 Å². The Morgan fingerprint density at radius 3 is 2.65 bits per heavy atom. The molecule has 1 saturated heterocycles. The lowest BCUT2D eigenvalue weighted by molar-refractivity contribution is -0.128. The number of rotatable bonds is 3. The average molecular weight is 279 g/mol. The van der Waals surface area contributed by atoms with E-state index in [0.717, 1.165) is 43.7 Å². The number of hydrogen-bond acceptors (Lipinski definition) is 3. The summed E-state index contributed by atoms with van der Waals surface area (Å²) in [5.41, 5.74) is 7.34. The molecule has 1 aliphatic rings. The Balaban J connectivity index is 1.99. The molecule has 0 aromatic heterocycles. The molecule has 0 bridgehead atoms. The summed E-state index contributed by atoms with van der Waals surface area (Å²) in [5, 5.41) is 0. The van der Waals surface area contributed by atoms with Gasteiger partial charge in [0.2, 0.25) is 5.91 Å². The normalized spacial score (nSPS) is 17.1. The van der Waals surface area contributed by atoms with Crippen LogP contribution in [-0.4, -0.2) is 41.9 Å². The molecular weight excluding hydrogens is 257 g/mol. The first-order chi connectivity index (χ1) is 9.58. The van der Waals surface area contributed by atoms with E-state index in [0.29, 0.717) is 13.1 Å². The second kappa shape index (κ2) is 6.81. The van der Waals surface area contributed by atoms with Crippen molar-refractivity contribution in [3.05, 3.63) is 35.1 Å². The fourth-order valence-corrected chi connectivity index (χ4v) is 2.63. The first-order valence-corrected chi connectivity index (χ1v) is 7.05. The Hall–Kier alpha value is -1.46. The van der Waals surface area contributed by atoms with Crippen molar-refractivity contribution in [1.82, 2.24) is 9.80 Å². The van der Waals surface area contributed by atoms with E-state index in [2.05, 4.69) is 4.90 Å². The van der Waals surface area contributed by atoms with Crippen LogP contribution >= 0.6 is 0 Å². The van der Waals surface area contributed by atoms with Crippen LogP contribution < -0.4 is 5.73 Å². The number of amides is 1. The fraction of sp³-hybridized carbons (Fsp3) is 0.533. The number of carbonyl (C=O) groups excluding carboxylic acids is 1. The summed E-state index contributed by atoms with van der Waals surface area (Å²) in [6, 6.07) is 4.99. The molecule has 0 unspecified atom stereocenters. The van der Waals surface area contributed by atoms with Gasteiger partial charge < -0.3 is 10.6 Å². The molecule has 20 heavy (non-hydrogen) atoms. The third-order valence-corrected chi connectivity index (χ3v) is 3.69. The molecule has 1 fully saturated rings. The quantitative estimate of drug-likeness (QED) is 0.908.